The van der Waals surface area contributed by atoms with E-state index < -0.39 is 23.7 Å². The predicted molar refractivity (Wildman–Crippen MR) is 68.6 cm³/mol. The number of hydrogen-bond donors (Lipinski definition) is 1. The van der Waals surface area contributed by atoms with Crippen LogP contribution in [0.3, 0.4) is 0 Å². The molecule has 1 atom stereocenters. The van der Waals surface area contributed by atoms with Crippen molar-refractivity contribution >= 4 is 23.7 Å². The van der Waals surface area contributed by atoms with Crippen LogP contribution in [-0.4, -0.2) is 17.7 Å². The maximum atomic E-state index is 11.6. The van der Waals surface area contributed by atoms with Crippen molar-refractivity contribution < 1.29 is 19.4 Å². The van der Waals surface area contributed by atoms with E-state index in [4.69, 9.17) is 16.3 Å². The number of carbonyl (C=O) groups excluding carboxylic acids is 2. The van der Waals surface area contributed by atoms with Crippen LogP contribution in [0.4, 0.5) is 4.79 Å². The summed E-state index contributed by atoms with van der Waals surface area (Å²) >= 11 is 5.78. The first-order valence-corrected chi connectivity index (χ1v) is 6.02. The number of carboxylic acid groups (broad SMARTS) is 1. The van der Waals surface area contributed by atoms with E-state index in [9.17, 15) is 14.7 Å². The first-order valence-electron chi connectivity index (χ1n) is 5.65. The average Bonchev–Trinajstić information content (AvgIpc) is 2.23. The molecule has 5 nitrogen and oxygen atoms in total. The zero-order valence-corrected chi connectivity index (χ0v) is 11.7. The molecular weight excluding hydrogens is 270 g/mol. The highest BCUT2D eigenvalue weighted by Gasteiger charge is 2.21. The maximum Gasteiger partial charge on any atom is 0.408 e. The second kappa shape index (κ2) is 5.93. The van der Waals surface area contributed by atoms with Gasteiger partial charge in [-0.25, -0.2) is 4.79 Å². The lowest BCUT2D eigenvalue weighted by Crippen LogP contribution is -2.43. The second-order valence-electron chi connectivity index (χ2n) is 4.95. The molecule has 1 aromatic carbocycles. The lowest BCUT2D eigenvalue weighted by Gasteiger charge is -2.24. The fourth-order valence-corrected chi connectivity index (χ4v) is 1.59. The van der Waals surface area contributed by atoms with Gasteiger partial charge in [-0.1, -0.05) is 23.7 Å². The molecule has 0 aromatic heterocycles. The minimum Gasteiger partial charge on any atom is -0.548 e. The van der Waals surface area contributed by atoms with E-state index in [1.54, 1.807) is 32.9 Å². The number of ether oxygens (including phenoxy) is 1. The monoisotopic (exact) mass is 284 g/mol. The van der Waals surface area contributed by atoms with Gasteiger partial charge in [0.05, 0.1) is 12.0 Å². The molecular formula is C13H15ClNO4-. The Bertz CT molecular complexity index is 482. The van der Waals surface area contributed by atoms with Crippen molar-refractivity contribution in [3.63, 3.8) is 0 Å². The van der Waals surface area contributed by atoms with Gasteiger partial charge in [-0.2, -0.15) is 0 Å². The number of amides is 1. The SMILES string of the molecule is CC(C)(C)OC(=O)N[C@@H](C(=O)[O-])c1cccc(Cl)c1. The Hall–Kier alpha value is -1.75. The molecule has 0 fully saturated rings. The molecule has 104 valence electrons. The Balaban J connectivity index is 2.85. The van der Waals surface area contributed by atoms with Gasteiger partial charge in [0, 0.05) is 5.02 Å². The Labute approximate surface area is 116 Å². The number of halogens is 1. The van der Waals surface area contributed by atoms with Gasteiger partial charge < -0.3 is 20.0 Å². The molecule has 0 bridgehead atoms. The van der Waals surface area contributed by atoms with Gasteiger partial charge in [0.25, 0.3) is 0 Å². The first kappa shape index (κ1) is 15.3. The third kappa shape index (κ3) is 5.18. The van der Waals surface area contributed by atoms with E-state index in [2.05, 4.69) is 5.32 Å². The highest BCUT2D eigenvalue weighted by molar-refractivity contribution is 6.30. The van der Waals surface area contributed by atoms with Crippen LogP contribution >= 0.6 is 11.6 Å². The topological polar surface area (TPSA) is 78.5 Å². The lowest BCUT2D eigenvalue weighted by molar-refractivity contribution is -0.308. The van der Waals surface area contributed by atoms with E-state index >= 15 is 0 Å². The third-order valence-electron chi connectivity index (χ3n) is 2.08. The molecule has 0 saturated heterocycles. The number of rotatable bonds is 3. The van der Waals surface area contributed by atoms with Crippen LogP contribution in [0, 0.1) is 0 Å². The molecule has 0 heterocycles. The summed E-state index contributed by atoms with van der Waals surface area (Å²) in [5, 5.41) is 13.7. The van der Waals surface area contributed by atoms with Gasteiger partial charge in [-0.3, -0.25) is 0 Å². The number of aliphatic carboxylic acids is 1. The molecule has 0 aliphatic carbocycles. The third-order valence-corrected chi connectivity index (χ3v) is 2.31. The van der Waals surface area contributed by atoms with Crippen molar-refractivity contribution in [2.24, 2.45) is 0 Å². The van der Waals surface area contributed by atoms with Crippen LogP contribution in [0.25, 0.3) is 0 Å². The first-order chi connectivity index (χ1) is 8.69. The lowest BCUT2D eigenvalue weighted by atomic mass is 10.1. The number of alkyl carbamates (subject to hydrolysis) is 1. The number of nitrogens with one attached hydrogen (secondary N) is 1. The standard InChI is InChI=1S/C13H16ClNO4/c1-13(2,3)19-12(18)15-10(11(16)17)8-5-4-6-9(14)7-8/h4-7,10H,1-3H3,(H,15,18)(H,16,17)/p-1/t10-/m1/s1. The zero-order chi connectivity index (χ0) is 14.6. The summed E-state index contributed by atoms with van der Waals surface area (Å²) in [5.74, 6) is -1.44. The summed E-state index contributed by atoms with van der Waals surface area (Å²) < 4.78 is 5.00. The number of benzene rings is 1. The molecule has 6 heteroatoms. The number of hydrogen-bond acceptors (Lipinski definition) is 4. The number of carbonyl (C=O) groups is 2. The second-order valence-corrected chi connectivity index (χ2v) is 5.39. The molecule has 0 aliphatic heterocycles. The molecule has 1 N–H and O–H groups in total. The summed E-state index contributed by atoms with van der Waals surface area (Å²) in [7, 11) is 0. The van der Waals surface area contributed by atoms with Crippen molar-refractivity contribution in [1.29, 1.82) is 0 Å². The Morgan fingerprint density at radius 2 is 2.00 bits per heavy atom. The van der Waals surface area contributed by atoms with Gasteiger partial charge in [0.15, 0.2) is 0 Å². The normalized spacial score (nSPS) is 12.6. The van der Waals surface area contributed by atoms with Crippen molar-refractivity contribution in [2.75, 3.05) is 0 Å². The highest BCUT2D eigenvalue weighted by atomic mass is 35.5. The van der Waals surface area contributed by atoms with Crippen LogP contribution in [0.2, 0.25) is 5.02 Å². The maximum absolute atomic E-state index is 11.6. The zero-order valence-electron chi connectivity index (χ0n) is 10.9. The summed E-state index contributed by atoms with van der Waals surface area (Å²) in [5.41, 5.74) is -0.395. The molecule has 19 heavy (non-hydrogen) atoms. The van der Waals surface area contributed by atoms with Gasteiger partial charge in [0.1, 0.15) is 5.60 Å². The molecule has 0 spiro atoms. The van der Waals surface area contributed by atoms with Crippen molar-refractivity contribution in [2.45, 2.75) is 32.4 Å². The Kier molecular flexibility index (Phi) is 4.78. The Morgan fingerprint density at radius 3 is 2.47 bits per heavy atom. The molecule has 0 radical (unpaired) electrons. The van der Waals surface area contributed by atoms with E-state index in [1.807, 2.05) is 0 Å². The predicted octanol–water partition coefficient (Wildman–Crippen LogP) is 1.66. The summed E-state index contributed by atoms with van der Waals surface area (Å²) in [4.78, 5) is 22.7. The fourth-order valence-electron chi connectivity index (χ4n) is 1.39. The molecule has 1 rings (SSSR count). The summed E-state index contributed by atoms with van der Waals surface area (Å²) in [6, 6.07) is 4.85. The molecule has 1 aromatic rings. The smallest absolute Gasteiger partial charge is 0.408 e. The Morgan fingerprint density at radius 1 is 1.37 bits per heavy atom. The van der Waals surface area contributed by atoms with Crippen molar-refractivity contribution in [1.82, 2.24) is 5.32 Å². The van der Waals surface area contributed by atoms with Gasteiger partial charge in [0.2, 0.25) is 0 Å². The van der Waals surface area contributed by atoms with E-state index in [0.717, 1.165) is 0 Å². The minimum atomic E-state index is -1.44. The molecule has 0 aliphatic rings. The molecule has 1 amide bonds. The summed E-state index contributed by atoms with van der Waals surface area (Å²) in [6.07, 6.45) is -0.832. The van der Waals surface area contributed by atoms with Crippen LogP contribution in [0.1, 0.15) is 32.4 Å². The van der Waals surface area contributed by atoms with Gasteiger partial charge in [-0.15, -0.1) is 0 Å². The van der Waals surface area contributed by atoms with E-state index in [1.165, 1.54) is 12.1 Å². The largest absolute Gasteiger partial charge is 0.548 e. The van der Waals surface area contributed by atoms with Crippen molar-refractivity contribution in [3.05, 3.63) is 34.9 Å². The van der Waals surface area contributed by atoms with Gasteiger partial charge >= 0.3 is 6.09 Å². The average molecular weight is 285 g/mol. The van der Waals surface area contributed by atoms with Crippen molar-refractivity contribution in [3.8, 4) is 0 Å². The van der Waals surface area contributed by atoms with Crippen LogP contribution in [0.15, 0.2) is 24.3 Å². The van der Waals surface area contributed by atoms with Crippen LogP contribution in [-0.2, 0) is 9.53 Å². The molecule has 0 saturated carbocycles. The van der Waals surface area contributed by atoms with E-state index in [-0.39, 0.29) is 0 Å². The molecule has 0 unspecified atom stereocenters. The fraction of sp³-hybridized carbons (Fsp3) is 0.385. The van der Waals surface area contributed by atoms with Crippen LogP contribution < -0.4 is 10.4 Å². The van der Waals surface area contributed by atoms with E-state index in [0.29, 0.717) is 10.6 Å². The number of carboxylic acids is 1. The highest BCUT2D eigenvalue weighted by Crippen LogP contribution is 2.18. The summed E-state index contributed by atoms with van der Waals surface area (Å²) in [6.45, 7) is 5.04. The quantitative estimate of drug-likeness (QED) is 0.915. The minimum absolute atomic E-state index is 0.318. The van der Waals surface area contributed by atoms with Crippen LogP contribution in [0.5, 0.6) is 0 Å². The van der Waals surface area contributed by atoms with Gasteiger partial charge in [-0.05, 0) is 38.5 Å².